The van der Waals surface area contributed by atoms with Crippen molar-refractivity contribution in [3.63, 3.8) is 0 Å². The Morgan fingerprint density at radius 1 is 1.75 bits per heavy atom. The second-order valence-corrected chi connectivity index (χ2v) is 2.59. The zero-order valence-corrected chi connectivity index (χ0v) is 6.57. The van der Waals surface area contributed by atoms with Gasteiger partial charge in [0.1, 0.15) is 0 Å². The van der Waals surface area contributed by atoms with Gasteiger partial charge in [0, 0.05) is 0 Å². The maximum atomic E-state index is 8.32. The van der Waals surface area contributed by atoms with E-state index in [9.17, 15) is 0 Å². The third-order valence-corrected chi connectivity index (χ3v) is 2.17. The molecule has 0 rings (SSSR count). The molecule has 0 saturated carbocycles. The summed E-state index contributed by atoms with van der Waals surface area (Å²) in [5, 5.41) is 11.2. The minimum Gasteiger partial charge on any atom is -0.307 e. The van der Waals surface area contributed by atoms with Gasteiger partial charge in [-0.05, 0) is 14.0 Å². The van der Waals surface area contributed by atoms with Gasteiger partial charge in [0.25, 0.3) is 0 Å². The van der Waals surface area contributed by atoms with Crippen molar-refractivity contribution in [3.05, 3.63) is 0 Å². The maximum absolute atomic E-state index is 8.32. The van der Waals surface area contributed by atoms with E-state index in [1.807, 2.05) is 14.0 Å². The molecule has 0 spiro atoms. The van der Waals surface area contributed by atoms with Crippen LogP contribution in [-0.4, -0.2) is 12.0 Å². The van der Waals surface area contributed by atoms with E-state index >= 15 is 0 Å². The van der Waals surface area contributed by atoms with Gasteiger partial charge in [-0.2, -0.15) is 5.26 Å². The lowest BCUT2D eigenvalue weighted by Crippen LogP contribution is -2.24. The molecule has 0 fully saturated rings. The van der Waals surface area contributed by atoms with Gasteiger partial charge < -0.3 is 5.32 Å². The zero-order valence-electron chi connectivity index (χ0n) is 4.98. The number of hydrogen-bond donors (Lipinski definition) is 1. The van der Waals surface area contributed by atoms with Gasteiger partial charge in [0.15, 0.2) is 0 Å². The molecule has 0 aliphatic heterocycles. The smallest absolute Gasteiger partial charge is 0.0785 e. The van der Waals surface area contributed by atoms with Crippen molar-refractivity contribution in [3.8, 4) is 6.07 Å². The summed E-state index contributed by atoms with van der Waals surface area (Å²) in [7, 11) is 1.81. The summed E-state index contributed by atoms with van der Waals surface area (Å²) in [6.45, 7) is 1.86. The predicted molar refractivity (Wildman–Crippen MR) is 36.6 cm³/mol. The van der Waals surface area contributed by atoms with Crippen LogP contribution in [0.25, 0.3) is 0 Å². The Hall–Kier alpha value is -0.0700. The van der Waals surface area contributed by atoms with E-state index < -0.39 is 0 Å². The van der Waals surface area contributed by atoms with Crippen LogP contribution in [-0.2, 0) is 0 Å². The first kappa shape index (κ1) is 7.93. The topological polar surface area (TPSA) is 35.8 Å². The van der Waals surface area contributed by atoms with Crippen molar-refractivity contribution in [2.75, 3.05) is 7.05 Å². The lowest BCUT2D eigenvalue weighted by Gasteiger charge is -2.07. The van der Waals surface area contributed by atoms with Crippen LogP contribution in [0.4, 0.5) is 0 Å². The van der Waals surface area contributed by atoms with Crippen LogP contribution in [0.1, 0.15) is 6.92 Å². The van der Waals surface area contributed by atoms with E-state index in [1.54, 1.807) is 0 Å². The predicted octanol–water partition coefficient (Wildman–Crippen LogP) is 1.09. The van der Waals surface area contributed by atoms with Crippen molar-refractivity contribution in [1.82, 2.24) is 5.32 Å². The van der Waals surface area contributed by atoms with Gasteiger partial charge in [-0.15, -0.1) is 0 Å². The van der Waals surface area contributed by atoms with Gasteiger partial charge in [-0.25, -0.2) is 0 Å². The molecule has 0 aromatic carbocycles. The molecule has 0 bridgehead atoms. The van der Waals surface area contributed by atoms with Crippen LogP contribution in [0.3, 0.4) is 0 Å². The molecule has 0 amide bonds. The SMILES string of the molecule is CNC(Br)[C@H](C)C#N. The molecule has 2 atom stereocenters. The molecule has 1 N–H and O–H groups in total. The molecule has 1 unspecified atom stereocenters. The van der Waals surface area contributed by atoms with E-state index in [0.29, 0.717) is 0 Å². The number of nitrogens with one attached hydrogen (secondary N) is 1. The average molecular weight is 177 g/mol. The Balaban J connectivity index is 3.49. The van der Waals surface area contributed by atoms with E-state index in [0.717, 1.165) is 0 Å². The molecule has 0 aromatic rings. The van der Waals surface area contributed by atoms with Crippen LogP contribution in [0.5, 0.6) is 0 Å². The average Bonchev–Trinajstić information content (AvgIpc) is 1.84. The van der Waals surface area contributed by atoms with Gasteiger partial charge >= 0.3 is 0 Å². The summed E-state index contributed by atoms with van der Waals surface area (Å²) in [6, 6.07) is 2.11. The fourth-order valence-corrected chi connectivity index (χ4v) is 0.434. The molecule has 0 aliphatic carbocycles. The molecule has 2 nitrogen and oxygen atoms in total. The fourth-order valence-electron chi connectivity index (χ4n) is 0.315. The van der Waals surface area contributed by atoms with Crippen LogP contribution >= 0.6 is 15.9 Å². The lowest BCUT2D eigenvalue weighted by atomic mass is 10.2. The number of nitriles is 1. The lowest BCUT2D eigenvalue weighted by molar-refractivity contribution is 0.624. The normalized spacial score (nSPS) is 16.8. The molecular weight excluding hydrogens is 168 g/mol. The first-order valence-corrected chi connectivity index (χ1v) is 3.35. The van der Waals surface area contributed by atoms with Crippen LogP contribution in [0.2, 0.25) is 0 Å². The Morgan fingerprint density at radius 3 is 2.38 bits per heavy atom. The van der Waals surface area contributed by atoms with E-state index in [2.05, 4.69) is 27.3 Å². The Labute approximate surface area is 58.0 Å². The highest BCUT2D eigenvalue weighted by molar-refractivity contribution is 9.09. The Kier molecular flexibility index (Phi) is 3.84. The van der Waals surface area contributed by atoms with Gasteiger partial charge in [0.2, 0.25) is 0 Å². The highest BCUT2D eigenvalue weighted by Gasteiger charge is 2.08. The minimum atomic E-state index is 0.0278. The van der Waals surface area contributed by atoms with Gasteiger partial charge in [-0.1, -0.05) is 15.9 Å². The third kappa shape index (κ3) is 2.29. The molecule has 3 heteroatoms. The van der Waals surface area contributed by atoms with Crippen molar-refractivity contribution >= 4 is 15.9 Å². The molecule has 46 valence electrons. The summed E-state index contributed by atoms with van der Waals surface area (Å²) in [6.07, 6.45) is 0. The Bertz CT molecular complexity index is 97.1. The third-order valence-electron chi connectivity index (χ3n) is 0.918. The second-order valence-electron chi connectivity index (χ2n) is 1.61. The Morgan fingerprint density at radius 2 is 2.25 bits per heavy atom. The second kappa shape index (κ2) is 3.88. The largest absolute Gasteiger partial charge is 0.307 e. The van der Waals surface area contributed by atoms with Gasteiger partial charge in [-0.3, -0.25) is 0 Å². The molecular formula is C5H9BrN2. The molecule has 0 radical (unpaired) electrons. The van der Waals surface area contributed by atoms with Crippen LogP contribution in [0.15, 0.2) is 0 Å². The zero-order chi connectivity index (χ0) is 6.57. The molecule has 0 aromatic heterocycles. The van der Waals surface area contributed by atoms with E-state index in [4.69, 9.17) is 5.26 Å². The first-order valence-electron chi connectivity index (χ1n) is 2.43. The highest BCUT2D eigenvalue weighted by Crippen LogP contribution is 2.06. The first-order chi connectivity index (χ1) is 3.72. The molecule has 8 heavy (non-hydrogen) atoms. The van der Waals surface area contributed by atoms with Crippen molar-refractivity contribution < 1.29 is 0 Å². The number of hydrogen-bond acceptors (Lipinski definition) is 2. The fraction of sp³-hybridized carbons (Fsp3) is 0.800. The maximum Gasteiger partial charge on any atom is 0.0785 e. The summed E-state index contributed by atoms with van der Waals surface area (Å²) in [5.41, 5.74) is 0. The molecule has 0 aliphatic rings. The monoisotopic (exact) mass is 176 g/mol. The van der Waals surface area contributed by atoms with Crippen LogP contribution in [0, 0.1) is 17.2 Å². The van der Waals surface area contributed by atoms with Gasteiger partial charge in [0.05, 0.1) is 16.9 Å². The van der Waals surface area contributed by atoms with E-state index in [1.165, 1.54) is 0 Å². The van der Waals surface area contributed by atoms with Crippen molar-refractivity contribution in [2.24, 2.45) is 5.92 Å². The quantitative estimate of drug-likeness (QED) is 0.506. The molecule has 0 saturated heterocycles. The number of nitrogens with zero attached hydrogens (tertiary/aromatic N) is 1. The standard InChI is InChI=1S/C5H9BrN2/c1-4(3-7)5(6)8-2/h4-5,8H,1-2H3/t4-,5?/m1/s1. The van der Waals surface area contributed by atoms with E-state index in [-0.39, 0.29) is 10.9 Å². The highest BCUT2D eigenvalue weighted by atomic mass is 79.9. The summed E-state index contributed by atoms with van der Waals surface area (Å²) >= 11 is 3.27. The minimum absolute atomic E-state index is 0.0278. The van der Waals surface area contributed by atoms with Crippen molar-refractivity contribution in [2.45, 2.75) is 11.9 Å². The summed E-state index contributed by atoms with van der Waals surface area (Å²) in [4.78, 5) is 0.118. The van der Waals surface area contributed by atoms with Crippen LogP contribution < -0.4 is 5.32 Å². The number of rotatable bonds is 2. The molecule has 0 heterocycles. The number of halogens is 1. The van der Waals surface area contributed by atoms with Crippen molar-refractivity contribution in [1.29, 1.82) is 5.26 Å². The summed E-state index contributed by atoms with van der Waals surface area (Å²) < 4.78 is 0. The summed E-state index contributed by atoms with van der Waals surface area (Å²) in [5.74, 6) is 0.0278. The number of alkyl halides is 1.